The van der Waals surface area contributed by atoms with E-state index in [2.05, 4.69) is 4.72 Å². The van der Waals surface area contributed by atoms with E-state index >= 15 is 0 Å². The Morgan fingerprint density at radius 3 is 2.42 bits per heavy atom. The summed E-state index contributed by atoms with van der Waals surface area (Å²) in [6.45, 7) is 6.21. The van der Waals surface area contributed by atoms with E-state index < -0.39 is 10.0 Å². The molecule has 0 bridgehead atoms. The summed E-state index contributed by atoms with van der Waals surface area (Å²) in [5, 5.41) is 0. The summed E-state index contributed by atoms with van der Waals surface area (Å²) in [5.74, 6) is 0.120. The molecule has 0 fully saturated rings. The number of ether oxygens (including phenoxy) is 1. The Morgan fingerprint density at radius 1 is 1.42 bits per heavy atom. The van der Waals surface area contributed by atoms with Crippen molar-refractivity contribution in [1.82, 2.24) is 4.72 Å². The molecule has 0 aliphatic rings. The maximum absolute atomic E-state index is 10.9. The van der Waals surface area contributed by atoms with E-state index in [9.17, 15) is 8.42 Å². The van der Waals surface area contributed by atoms with Crippen LogP contribution in [0, 0.1) is 0 Å². The highest BCUT2D eigenvalue weighted by Crippen LogP contribution is 1.86. The fourth-order valence-corrected chi connectivity index (χ4v) is 1.19. The molecule has 1 N–H and O–H groups in total. The first-order valence-corrected chi connectivity index (χ1v) is 5.72. The molecule has 0 heterocycles. The van der Waals surface area contributed by atoms with Crippen molar-refractivity contribution >= 4 is 10.0 Å². The molecule has 74 valence electrons. The Hall–Kier alpha value is -0.130. The highest BCUT2D eigenvalue weighted by Gasteiger charge is 2.04. The molecule has 0 radical (unpaired) electrons. The summed E-state index contributed by atoms with van der Waals surface area (Å²) in [6, 6.07) is 0. The van der Waals surface area contributed by atoms with Gasteiger partial charge in [0.25, 0.3) is 0 Å². The molecular weight excluding hydrogens is 178 g/mol. The van der Waals surface area contributed by atoms with Crippen LogP contribution in [0.2, 0.25) is 0 Å². The fraction of sp³-hybridized carbons (Fsp3) is 1.00. The van der Waals surface area contributed by atoms with Crippen LogP contribution in [0.15, 0.2) is 0 Å². The van der Waals surface area contributed by atoms with Gasteiger partial charge in [-0.15, -0.1) is 0 Å². The van der Waals surface area contributed by atoms with Gasteiger partial charge in [-0.2, -0.15) is 0 Å². The van der Waals surface area contributed by atoms with E-state index in [1.54, 1.807) is 6.92 Å². The van der Waals surface area contributed by atoms with Gasteiger partial charge in [0.1, 0.15) is 0 Å². The average Bonchev–Trinajstić information content (AvgIpc) is 1.98. The predicted molar refractivity (Wildman–Crippen MR) is 48.6 cm³/mol. The molecule has 0 saturated heterocycles. The van der Waals surface area contributed by atoms with Gasteiger partial charge in [0, 0.05) is 6.54 Å². The third-order valence-electron chi connectivity index (χ3n) is 1.26. The summed E-state index contributed by atoms with van der Waals surface area (Å²) in [6.07, 6.45) is 0.149. The molecule has 0 spiro atoms. The third-order valence-corrected chi connectivity index (χ3v) is 2.66. The Bertz CT molecular complexity index is 199. The lowest BCUT2D eigenvalue weighted by molar-refractivity contribution is 0.0834. The first-order valence-electron chi connectivity index (χ1n) is 4.07. The van der Waals surface area contributed by atoms with Crippen LogP contribution in [0.3, 0.4) is 0 Å². The fourth-order valence-electron chi connectivity index (χ4n) is 0.594. The van der Waals surface area contributed by atoms with Crippen LogP contribution in [0.25, 0.3) is 0 Å². The SMILES string of the molecule is CCS(=O)(=O)NCCOC(C)C. The lowest BCUT2D eigenvalue weighted by Crippen LogP contribution is -2.29. The second-order valence-corrected chi connectivity index (χ2v) is 4.81. The third kappa shape index (κ3) is 6.57. The average molecular weight is 195 g/mol. The van der Waals surface area contributed by atoms with Crippen LogP contribution in [-0.2, 0) is 14.8 Å². The van der Waals surface area contributed by atoms with E-state index in [0.717, 1.165) is 0 Å². The number of sulfonamides is 1. The maximum Gasteiger partial charge on any atom is 0.211 e. The summed E-state index contributed by atoms with van der Waals surface area (Å²) < 4.78 is 29.3. The minimum Gasteiger partial charge on any atom is -0.377 e. The molecule has 0 aromatic rings. The van der Waals surface area contributed by atoms with Gasteiger partial charge in [-0.1, -0.05) is 0 Å². The van der Waals surface area contributed by atoms with Gasteiger partial charge in [-0.25, -0.2) is 13.1 Å². The zero-order valence-corrected chi connectivity index (χ0v) is 8.65. The first-order chi connectivity index (χ1) is 5.48. The van der Waals surface area contributed by atoms with Crippen molar-refractivity contribution in [3.8, 4) is 0 Å². The van der Waals surface area contributed by atoms with E-state index in [4.69, 9.17) is 4.74 Å². The van der Waals surface area contributed by atoms with Crippen LogP contribution in [0.5, 0.6) is 0 Å². The van der Waals surface area contributed by atoms with Gasteiger partial charge in [0.05, 0.1) is 18.5 Å². The maximum atomic E-state index is 10.9. The molecule has 0 aromatic heterocycles. The topological polar surface area (TPSA) is 55.4 Å². The molecule has 0 aliphatic carbocycles. The number of hydrogen-bond donors (Lipinski definition) is 1. The second-order valence-electron chi connectivity index (χ2n) is 2.72. The van der Waals surface area contributed by atoms with Crippen LogP contribution in [0.4, 0.5) is 0 Å². The highest BCUT2D eigenvalue weighted by molar-refractivity contribution is 7.89. The van der Waals surface area contributed by atoms with Gasteiger partial charge in [-0.05, 0) is 20.8 Å². The first kappa shape index (κ1) is 11.9. The van der Waals surface area contributed by atoms with Gasteiger partial charge >= 0.3 is 0 Å². The van der Waals surface area contributed by atoms with Crippen LogP contribution < -0.4 is 4.72 Å². The molecule has 0 atom stereocenters. The number of nitrogens with one attached hydrogen (secondary N) is 1. The van der Waals surface area contributed by atoms with Crippen molar-refractivity contribution in [3.63, 3.8) is 0 Å². The van der Waals surface area contributed by atoms with Crippen molar-refractivity contribution in [2.45, 2.75) is 26.9 Å². The Balaban J connectivity index is 3.45. The molecule has 0 aliphatic heterocycles. The molecule has 0 amide bonds. The monoisotopic (exact) mass is 195 g/mol. The second kappa shape index (κ2) is 5.50. The van der Waals surface area contributed by atoms with Gasteiger partial charge in [-0.3, -0.25) is 0 Å². The minimum atomic E-state index is -3.05. The molecule has 0 rings (SSSR count). The molecule has 0 aromatic carbocycles. The van der Waals surface area contributed by atoms with Crippen molar-refractivity contribution in [3.05, 3.63) is 0 Å². The summed E-state index contributed by atoms with van der Waals surface area (Å²) in [5.41, 5.74) is 0. The molecule has 4 nitrogen and oxygen atoms in total. The van der Waals surface area contributed by atoms with Crippen LogP contribution >= 0.6 is 0 Å². The van der Waals surface area contributed by atoms with Gasteiger partial charge in [0.2, 0.25) is 10.0 Å². The Kier molecular flexibility index (Phi) is 5.44. The summed E-state index contributed by atoms with van der Waals surface area (Å²) >= 11 is 0. The van der Waals surface area contributed by atoms with Crippen molar-refractivity contribution in [2.75, 3.05) is 18.9 Å². The highest BCUT2D eigenvalue weighted by atomic mass is 32.2. The van der Waals surface area contributed by atoms with E-state index in [1.807, 2.05) is 13.8 Å². The zero-order valence-electron chi connectivity index (χ0n) is 7.83. The smallest absolute Gasteiger partial charge is 0.211 e. The quantitative estimate of drug-likeness (QED) is 0.622. The minimum absolute atomic E-state index is 0.120. The largest absolute Gasteiger partial charge is 0.377 e. The van der Waals surface area contributed by atoms with E-state index in [-0.39, 0.29) is 11.9 Å². The van der Waals surface area contributed by atoms with E-state index in [1.165, 1.54) is 0 Å². The predicted octanol–water partition coefficient (Wildman–Crippen LogP) is 0.351. The summed E-state index contributed by atoms with van der Waals surface area (Å²) in [4.78, 5) is 0. The Labute approximate surface area is 74.4 Å². The lowest BCUT2D eigenvalue weighted by Gasteiger charge is -2.07. The molecule has 5 heteroatoms. The van der Waals surface area contributed by atoms with Crippen LogP contribution in [-0.4, -0.2) is 33.4 Å². The van der Waals surface area contributed by atoms with E-state index in [0.29, 0.717) is 13.2 Å². The van der Waals surface area contributed by atoms with Crippen LogP contribution in [0.1, 0.15) is 20.8 Å². The van der Waals surface area contributed by atoms with Gasteiger partial charge < -0.3 is 4.74 Å². The zero-order chi connectivity index (χ0) is 9.61. The van der Waals surface area contributed by atoms with Gasteiger partial charge in [0.15, 0.2) is 0 Å². The van der Waals surface area contributed by atoms with Crippen molar-refractivity contribution in [2.24, 2.45) is 0 Å². The Morgan fingerprint density at radius 2 is 2.00 bits per heavy atom. The molecule has 12 heavy (non-hydrogen) atoms. The molecule has 0 saturated carbocycles. The standard InChI is InChI=1S/C7H17NO3S/c1-4-12(9,10)8-5-6-11-7(2)3/h7-8H,4-6H2,1-3H3. The molecular formula is C7H17NO3S. The number of hydrogen-bond acceptors (Lipinski definition) is 3. The molecule has 0 unspecified atom stereocenters. The number of rotatable bonds is 6. The normalized spacial score (nSPS) is 12.3. The summed E-state index contributed by atoms with van der Waals surface area (Å²) in [7, 11) is -3.05. The lowest BCUT2D eigenvalue weighted by atomic mass is 10.5. The van der Waals surface area contributed by atoms with Crippen molar-refractivity contribution in [1.29, 1.82) is 0 Å². The van der Waals surface area contributed by atoms with Crippen molar-refractivity contribution < 1.29 is 13.2 Å².